The van der Waals surface area contributed by atoms with E-state index in [1.54, 1.807) is 7.11 Å². The summed E-state index contributed by atoms with van der Waals surface area (Å²) in [6.07, 6.45) is 3.55. The Balaban J connectivity index is 2.27. The summed E-state index contributed by atoms with van der Waals surface area (Å²) in [5.74, 6) is -0.343. The number of carbonyl (C=O) groups is 1. The molecule has 0 aliphatic carbocycles. The van der Waals surface area contributed by atoms with Crippen LogP contribution in [0.3, 0.4) is 0 Å². The number of unbranched alkanes of at least 4 members (excludes halogenated alkanes) is 1. The van der Waals surface area contributed by atoms with Gasteiger partial charge in [0.15, 0.2) is 5.13 Å². The lowest BCUT2D eigenvalue weighted by atomic mass is 10.3. The van der Waals surface area contributed by atoms with Gasteiger partial charge in [-0.1, -0.05) is 11.3 Å². The first kappa shape index (κ1) is 12.9. The van der Waals surface area contributed by atoms with Crippen LogP contribution in [0, 0.1) is 0 Å². The Hall–Kier alpha value is -1.14. The maximum Gasteiger partial charge on any atom is 0.349 e. The molecule has 0 saturated carbocycles. The van der Waals surface area contributed by atoms with Crippen LogP contribution in [-0.4, -0.2) is 38.3 Å². The first-order chi connectivity index (χ1) is 7.77. The van der Waals surface area contributed by atoms with Crippen molar-refractivity contribution in [3.63, 3.8) is 0 Å². The molecule has 0 amide bonds. The summed E-state index contributed by atoms with van der Waals surface area (Å²) < 4.78 is 9.54. The van der Waals surface area contributed by atoms with Crippen molar-refractivity contribution in [2.75, 3.05) is 32.7 Å². The third-order valence-corrected chi connectivity index (χ3v) is 2.88. The van der Waals surface area contributed by atoms with E-state index < -0.39 is 0 Å². The zero-order chi connectivity index (χ0) is 11.8. The van der Waals surface area contributed by atoms with Crippen LogP contribution < -0.4 is 5.32 Å². The number of nitrogens with zero attached hydrogens (tertiary/aromatic N) is 1. The molecule has 90 valence electrons. The molecular formula is C10H16N2O3S. The number of nitrogens with one attached hydrogen (secondary N) is 1. The quantitative estimate of drug-likeness (QED) is 0.585. The normalized spacial score (nSPS) is 10.1. The fourth-order valence-corrected chi connectivity index (χ4v) is 1.88. The Morgan fingerprint density at radius 3 is 3.00 bits per heavy atom. The molecule has 5 nitrogen and oxygen atoms in total. The van der Waals surface area contributed by atoms with Gasteiger partial charge < -0.3 is 14.8 Å². The largest absolute Gasteiger partial charge is 0.465 e. The van der Waals surface area contributed by atoms with Crippen molar-refractivity contribution in [2.24, 2.45) is 0 Å². The number of methoxy groups -OCH3 is 2. The molecule has 0 atom stereocenters. The smallest absolute Gasteiger partial charge is 0.349 e. The predicted molar refractivity (Wildman–Crippen MR) is 63.1 cm³/mol. The van der Waals surface area contributed by atoms with Gasteiger partial charge in [0.2, 0.25) is 0 Å². The number of thiazole rings is 1. The standard InChI is InChI=1S/C10H16N2O3S/c1-14-6-4-3-5-11-10-12-7-8(16-10)9(13)15-2/h7H,3-6H2,1-2H3,(H,11,12). The van der Waals surface area contributed by atoms with Gasteiger partial charge in [0.25, 0.3) is 0 Å². The highest BCUT2D eigenvalue weighted by Crippen LogP contribution is 2.18. The highest BCUT2D eigenvalue weighted by atomic mass is 32.1. The topological polar surface area (TPSA) is 60.5 Å². The highest BCUT2D eigenvalue weighted by Gasteiger charge is 2.09. The van der Waals surface area contributed by atoms with Crippen molar-refractivity contribution < 1.29 is 14.3 Å². The Labute approximate surface area is 98.8 Å². The number of carbonyl (C=O) groups excluding carboxylic acids is 1. The molecule has 1 heterocycles. The molecule has 1 N–H and O–H groups in total. The molecule has 0 bridgehead atoms. The SMILES string of the molecule is COCCCCNc1ncc(C(=O)OC)s1. The van der Waals surface area contributed by atoms with E-state index in [4.69, 9.17) is 4.74 Å². The van der Waals surface area contributed by atoms with Gasteiger partial charge in [-0.2, -0.15) is 0 Å². The lowest BCUT2D eigenvalue weighted by molar-refractivity contribution is 0.0606. The number of rotatable bonds is 7. The second-order valence-electron chi connectivity index (χ2n) is 3.15. The van der Waals surface area contributed by atoms with Crippen LogP contribution >= 0.6 is 11.3 Å². The van der Waals surface area contributed by atoms with E-state index in [2.05, 4.69) is 15.0 Å². The average Bonchev–Trinajstić information content (AvgIpc) is 2.76. The second-order valence-corrected chi connectivity index (χ2v) is 4.18. The molecule has 1 aromatic heterocycles. The molecule has 6 heteroatoms. The summed E-state index contributed by atoms with van der Waals surface area (Å²) in [6, 6.07) is 0. The molecule has 16 heavy (non-hydrogen) atoms. The van der Waals surface area contributed by atoms with E-state index in [0.717, 1.165) is 31.1 Å². The zero-order valence-electron chi connectivity index (χ0n) is 9.49. The first-order valence-electron chi connectivity index (χ1n) is 5.05. The summed E-state index contributed by atoms with van der Waals surface area (Å²) in [5.41, 5.74) is 0. The molecule has 0 fully saturated rings. The lowest BCUT2D eigenvalue weighted by Gasteiger charge is -2.01. The van der Waals surface area contributed by atoms with Crippen LogP contribution in [0.15, 0.2) is 6.20 Å². The van der Waals surface area contributed by atoms with E-state index in [1.807, 2.05) is 0 Å². The van der Waals surface area contributed by atoms with Crippen LogP contribution in [0.25, 0.3) is 0 Å². The first-order valence-corrected chi connectivity index (χ1v) is 5.86. The highest BCUT2D eigenvalue weighted by molar-refractivity contribution is 7.17. The van der Waals surface area contributed by atoms with Crippen LogP contribution in [0.5, 0.6) is 0 Å². The predicted octanol–water partition coefficient (Wildman–Crippen LogP) is 1.77. The third-order valence-electron chi connectivity index (χ3n) is 1.94. The minimum atomic E-state index is -0.343. The maximum absolute atomic E-state index is 11.1. The van der Waals surface area contributed by atoms with Gasteiger partial charge in [0.1, 0.15) is 4.88 Å². The number of hydrogen-bond acceptors (Lipinski definition) is 6. The van der Waals surface area contributed by atoms with E-state index in [1.165, 1.54) is 24.6 Å². The summed E-state index contributed by atoms with van der Waals surface area (Å²) in [4.78, 5) is 15.7. The van der Waals surface area contributed by atoms with Gasteiger partial charge in [-0.25, -0.2) is 9.78 Å². The van der Waals surface area contributed by atoms with Crippen LogP contribution in [0.2, 0.25) is 0 Å². The second kappa shape index (κ2) is 7.19. The molecule has 1 rings (SSSR count). The monoisotopic (exact) mass is 244 g/mol. The Morgan fingerprint density at radius 1 is 1.50 bits per heavy atom. The number of esters is 1. The van der Waals surface area contributed by atoms with Gasteiger partial charge in [-0.3, -0.25) is 0 Å². The summed E-state index contributed by atoms with van der Waals surface area (Å²) in [7, 11) is 3.05. The van der Waals surface area contributed by atoms with Crippen LogP contribution in [0.4, 0.5) is 5.13 Å². The van der Waals surface area contributed by atoms with E-state index >= 15 is 0 Å². The third kappa shape index (κ3) is 4.16. The zero-order valence-corrected chi connectivity index (χ0v) is 10.3. The molecular weight excluding hydrogens is 228 g/mol. The minimum Gasteiger partial charge on any atom is -0.465 e. The molecule has 0 aliphatic rings. The molecule has 0 saturated heterocycles. The van der Waals surface area contributed by atoms with Crippen LogP contribution in [-0.2, 0) is 9.47 Å². The van der Waals surface area contributed by atoms with E-state index in [-0.39, 0.29) is 5.97 Å². The van der Waals surface area contributed by atoms with Gasteiger partial charge in [0.05, 0.1) is 13.3 Å². The van der Waals surface area contributed by atoms with Crippen LogP contribution in [0.1, 0.15) is 22.5 Å². The van der Waals surface area contributed by atoms with Crippen molar-refractivity contribution in [1.82, 2.24) is 4.98 Å². The fraction of sp³-hybridized carbons (Fsp3) is 0.600. The number of hydrogen-bond donors (Lipinski definition) is 1. The fourth-order valence-electron chi connectivity index (χ4n) is 1.12. The summed E-state index contributed by atoms with van der Waals surface area (Å²) >= 11 is 1.30. The number of ether oxygens (including phenoxy) is 2. The minimum absolute atomic E-state index is 0.343. The van der Waals surface area contributed by atoms with Crippen molar-refractivity contribution in [3.05, 3.63) is 11.1 Å². The van der Waals surface area contributed by atoms with Crippen molar-refractivity contribution in [2.45, 2.75) is 12.8 Å². The van der Waals surface area contributed by atoms with Gasteiger partial charge >= 0.3 is 5.97 Å². The average molecular weight is 244 g/mol. The number of anilines is 1. The summed E-state index contributed by atoms with van der Waals surface area (Å²) in [6.45, 7) is 1.60. The van der Waals surface area contributed by atoms with Gasteiger partial charge in [-0.05, 0) is 12.8 Å². The maximum atomic E-state index is 11.1. The van der Waals surface area contributed by atoms with Crippen molar-refractivity contribution in [1.29, 1.82) is 0 Å². The molecule has 1 aromatic rings. The Kier molecular flexibility index (Phi) is 5.81. The molecule has 0 radical (unpaired) electrons. The number of aromatic nitrogens is 1. The molecule has 0 aliphatic heterocycles. The lowest BCUT2D eigenvalue weighted by Crippen LogP contribution is -2.02. The summed E-state index contributed by atoms with van der Waals surface area (Å²) in [5, 5.41) is 3.89. The molecule has 0 spiro atoms. The van der Waals surface area contributed by atoms with E-state index in [0.29, 0.717) is 4.88 Å². The molecule has 0 aromatic carbocycles. The van der Waals surface area contributed by atoms with Crippen molar-refractivity contribution >= 4 is 22.4 Å². The Morgan fingerprint density at radius 2 is 2.31 bits per heavy atom. The van der Waals surface area contributed by atoms with Gasteiger partial charge in [-0.15, -0.1) is 0 Å². The van der Waals surface area contributed by atoms with E-state index in [9.17, 15) is 4.79 Å². The van der Waals surface area contributed by atoms with Crippen molar-refractivity contribution in [3.8, 4) is 0 Å². The molecule has 0 unspecified atom stereocenters. The Bertz CT molecular complexity index is 328. The van der Waals surface area contributed by atoms with Gasteiger partial charge in [0, 0.05) is 20.3 Å².